The number of alkyl halides is 1. The van der Waals surface area contributed by atoms with Gasteiger partial charge in [-0.05, 0) is 6.92 Å². The van der Waals surface area contributed by atoms with Gasteiger partial charge in [-0.15, -0.1) is 0 Å². The number of aliphatic carboxylic acids is 1. The lowest BCUT2D eigenvalue weighted by Gasteiger charge is -2.05. The van der Waals surface area contributed by atoms with Gasteiger partial charge in [0, 0.05) is 11.5 Å². The molecule has 0 spiro atoms. The number of carboxylic acids is 1. The first-order valence-electron chi connectivity index (χ1n) is 3.48. The van der Waals surface area contributed by atoms with E-state index in [0.29, 0.717) is 11.5 Å². The highest BCUT2D eigenvalue weighted by atomic mass is 32.2. The topological polar surface area (TPSA) is 37.3 Å². The summed E-state index contributed by atoms with van der Waals surface area (Å²) in [5.74, 6) is -0.316. The van der Waals surface area contributed by atoms with Gasteiger partial charge in [0.15, 0.2) is 0 Å². The van der Waals surface area contributed by atoms with E-state index in [2.05, 4.69) is 0 Å². The molecule has 0 aliphatic rings. The number of hydrogen-bond donors (Lipinski definition) is 1. The average molecular weight is 180 g/mol. The van der Waals surface area contributed by atoms with E-state index >= 15 is 0 Å². The van der Waals surface area contributed by atoms with E-state index in [1.165, 1.54) is 18.7 Å². The van der Waals surface area contributed by atoms with Gasteiger partial charge in [-0.25, -0.2) is 4.39 Å². The summed E-state index contributed by atoms with van der Waals surface area (Å²) in [6.45, 7) is 3.09. The third kappa shape index (κ3) is 6.16. The van der Waals surface area contributed by atoms with Crippen LogP contribution in [0.2, 0.25) is 0 Å². The van der Waals surface area contributed by atoms with Crippen molar-refractivity contribution in [3.63, 3.8) is 0 Å². The van der Waals surface area contributed by atoms with Crippen molar-refractivity contribution in [2.45, 2.75) is 20.0 Å². The molecule has 0 saturated heterocycles. The molecule has 2 atom stereocenters. The van der Waals surface area contributed by atoms with Crippen molar-refractivity contribution in [2.75, 3.05) is 11.5 Å². The van der Waals surface area contributed by atoms with Crippen molar-refractivity contribution >= 4 is 17.7 Å². The number of carbonyl (C=O) groups is 1. The molecule has 2 nitrogen and oxygen atoms in total. The summed E-state index contributed by atoms with van der Waals surface area (Å²) in [6, 6.07) is 0. The molecular weight excluding hydrogens is 167 g/mol. The third-order valence-electron chi connectivity index (χ3n) is 1.14. The Labute approximate surface area is 70.2 Å². The summed E-state index contributed by atoms with van der Waals surface area (Å²) < 4.78 is 12.2. The fourth-order valence-electron chi connectivity index (χ4n) is 0.479. The zero-order chi connectivity index (χ0) is 8.85. The minimum Gasteiger partial charge on any atom is -0.481 e. The van der Waals surface area contributed by atoms with Gasteiger partial charge in [0.1, 0.15) is 6.17 Å². The molecule has 0 heterocycles. The number of rotatable bonds is 5. The van der Waals surface area contributed by atoms with Crippen LogP contribution in [0.5, 0.6) is 0 Å². The highest BCUT2D eigenvalue weighted by Crippen LogP contribution is 2.10. The second-order valence-electron chi connectivity index (χ2n) is 2.56. The van der Waals surface area contributed by atoms with Gasteiger partial charge in [0.2, 0.25) is 0 Å². The molecule has 0 aromatic rings. The van der Waals surface area contributed by atoms with E-state index in [0.717, 1.165) is 0 Å². The van der Waals surface area contributed by atoms with Gasteiger partial charge < -0.3 is 5.11 Å². The van der Waals surface area contributed by atoms with E-state index in [1.54, 1.807) is 6.92 Å². The lowest BCUT2D eigenvalue weighted by atomic mass is 10.2. The standard InChI is InChI=1S/C7H13FO2S/c1-5(7(9)10)3-11-4-6(2)8/h5-6H,3-4H2,1-2H3,(H,9,10). The predicted molar refractivity (Wildman–Crippen MR) is 44.7 cm³/mol. The van der Waals surface area contributed by atoms with Crippen LogP contribution in [0.25, 0.3) is 0 Å². The quantitative estimate of drug-likeness (QED) is 0.701. The molecule has 0 rings (SSSR count). The van der Waals surface area contributed by atoms with Crippen LogP contribution in [-0.2, 0) is 4.79 Å². The van der Waals surface area contributed by atoms with E-state index in [-0.39, 0.29) is 5.92 Å². The maximum Gasteiger partial charge on any atom is 0.307 e. The molecule has 1 N–H and O–H groups in total. The van der Waals surface area contributed by atoms with E-state index in [1.807, 2.05) is 0 Å². The van der Waals surface area contributed by atoms with Crippen LogP contribution in [0.4, 0.5) is 4.39 Å². The Kier molecular flexibility index (Phi) is 5.28. The smallest absolute Gasteiger partial charge is 0.307 e. The first kappa shape index (κ1) is 10.8. The van der Waals surface area contributed by atoms with Crippen molar-refractivity contribution in [1.82, 2.24) is 0 Å². The van der Waals surface area contributed by atoms with Crippen LogP contribution in [0.3, 0.4) is 0 Å². The SMILES string of the molecule is CC(F)CSCC(C)C(=O)O. The van der Waals surface area contributed by atoms with Crippen LogP contribution in [0.1, 0.15) is 13.8 Å². The Morgan fingerprint density at radius 3 is 2.45 bits per heavy atom. The van der Waals surface area contributed by atoms with Crippen LogP contribution < -0.4 is 0 Å². The van der Waals surface area contributed by atoms with Gasteiger partial charge in [0.05, 0.1) is 5.92 Å². The summed E-state index contributed by atoms with van der Waals surface area (Å²) in [5.41, 5.74) is 0. The number of hydrogen-bond acceptors (Lipinski definition) is 2. The van der Waals surface area contributed by atoms with E-state index in [4.69, 9.17) is 5.11 Å². The zero-order valence-electron chi connectivity index (χ0n) is 6.71. The molecule has 0 aliphatic carbocycles. The Balaban J connectivity index is 3.31. The summed E-state index contributed by atoms with van der Waals surface area (Å²) in [7, 11) is 0. The van der Waals surface area contributed by atoms with Gasteiger partial charge in [-0.1, -0.05) is 6.92 Å². The number of carboxylic acid groups (broad SMARTS) is 1. The zero-order valence-corrected chi connectivity index (χ0v) is 7.53. The molecule has 66 valence electrons. The number of thioether (sulfide) groups is 1. The van der Waals surface area contributed by atoms with E-state index < -0.39 is 12.1 Å². The molecule has 0 bridgehead atoms. The normalized spacial score (nSPS) is 15.9. The summed E-state index contributed by atoms with van der Waals surface area (Å²) in [5, 5.41) is 8.44. The Hall–Kier alpha value is -0.250. The molecule has 0 aliphatic heterocycles. The first-order chi connectivity index (χ1) is 5.04. The minimum atomic E-state index is -0.846. The fraction of sp³-hybridized carbons (Fsp3) is 0.857. The van der Waals surface area contributed by atoms with Crippen LogP contribution >= 0.6 is 11.8 Å². The summed E-state index contributed by atoms with van der Waals surface area (Å²) in [6.07, 6.45) is -0.846. The molecule has 2 unspecified atom stereocenters. The van der Waals surface area contributed by atoms with Crippen molar-refractivity contribution in [1.29, 1.82) is 0 Å². The highest BCUT2D eigenvalue weighted by molar-refractivity contribution is 7.99. The molecular formula is C7H13FO2S. The van der Waals surface area contributed by atoms with Crippen LogP contribution in [-0.4, -0.2) is 28.8 Å². The molecule has 11 heavy (non-hydrogen) atoms. The van der Waals surface area contributed by atoms with Crippen molar-refractivity contribution in [3.8, 4) is 0 Å². The largest absolute Gasteiger partial charge is 0.481 e. The molecule has 0 saturated carbocycles. The van der Waals surface area contributed by atoms with Crippen molar-refractivity contribution in [3.05, 3.63) is 0 Å². The Bertz CT molecular complexity index is 128. The fourth-order valence-corrected chi connectivity index (χ4v) is 1.44. The van der Waals surface area contributed by atoms with Gasteiger partial charge in [0.25, 0.3) is 0 Å². The van der Waals surface area contributed by atoms with Crippen molar-refractivity contribution in [2.24, 2.45) is 5.92 Å². The lowest BCUT2D eigenvalue weighted by Crippen LogP contribution is -2.13. The maximum atomic E-state index is 12.2. The maximum absolute atomic E-state index is 12.2. The summed E-state index contributed by atoms with van der Waals surface area (Å²) in [4.78, 5) is 10.3. The van der Waals surface area contributed by atoms with Gasteiger partial charge in [-0.2, -0.15) is 11.8 Å². The first-order valence-corrected chi connectivity index (χ1v) is 4.64. The van der Waals surface area contributed by atoms with Crippen molar-refractivity contribution < 1.29 is 14.3 Å². The molecule has 0 fully saturated rings. The monoisotopic (exact) mass is 180 g/mol. The molecule has 0 amide bonds. The number of halogens is 1. The molecule has 0 aromatic heterocycles. The molecule has 0 aromatic carbocycles. The average Bonchev–Trinajstić information content (AvgIpc) is 1.86. The second-order valence-corrected chi connectivity index (χ2v) is 3.63. The minimum absolute atomic E-state index is 0.376. The van der Waals surface area contributed by atoms with Crippen LogP contribution in [0, 0.1) is 5.92 Å². The molecule has 4 heteroatoms. The van der Waals surface area contributed by atoms with Crippen LogP contribution in [0.15, 0.2) is 0 Å². The Morgan fingerprint density at radius 2 is 2.09 bits per heavy atom. The second kappa shape index (κ2) is 5.41. The summed E-state index contributed by atoms with van der Waals surface area (Å²) >= 11 is 1.34. The highest BCUT2D eigenvalue weighted by Gasteiger charge is 2.10. The third-order valence-corrected chi connectivity index (χ3v) is 2.57. The van der Waals surface area contributed by atoms with Gasteiger partial charge >= 0.3 is 5.97 Å². The molecule has 0 radical (unpaired) electrons. The Morgan fingerprint density at radius 1 is 1.55 bits per heavy atom. The van der Waals surface area contributed by atoms with Gasteiger partial charge in [-0.3, -0.25) is 4.79 Å². The predicted octanol–water partition coefficient (Wildman–Crippen LogP) is 1.80. The van der Waals surface area contributed by atoms with E-state index in [9.17, 15) is 9.18 Å². The lowest BCUT2D eigenvalue weighted by molar-refractivity contribution is -0.140.